The number of nitrogens with one attached hydrogen (secondary N) is 5. The van der Waals surface area contributed by atoms with Crippen molar-refractivity contribution >= 4 is 49.4 Å². The van der Waals surface area contributed by atoms with Crippen LogP contribution in [-0.2, 0) is 35.2 Å². The van der Waals surface area contributed by atoms with Crippen LogP contribution in [-0.4, -0.2) is 86.4 Å². The lowest BCUT2D eigenvalue weighted by Gasteiger charge is -2.25. The van der Waals surface area contributed by atoms with E-state index >= 15 is 0 Å². The summed E-state index contributed by atoms with van der Waals surface area (Å²) in [7, 11) is 1.53. The van der Waals surface area contributed by atoms with Crippen LogP contribution in [0.1, 0.15) is 96.8 Å². The van der Waals surface area contributed by atoms with Gasteiger partial charge in [0.15, 0.2) is 5.96 Å². The Morgan fingerprint density at radius 2 is 1.27 bits per heavy atom. The van der Waals surface area contributed by atoms with Crippen LogP contribution in [0.4, 0.5) is 9.59 Å². The lowest BCUT2D eigenvalue weighted by atomic mass is 9.98. The van der Waals surface area contributed by atoms with E-state index < -0.39 is 53.7 Å². The smallest absolute Gasteiger partial charge is 0.407 e. The van der Waals surface area contributed by atoms with Crippen molar-refractivity contribution in [2.45, 2.75) is 110 Å². The molecule has 0 aliphatic heterocycles. The van der Waals surface area contributed by atoms with Gasteiger partial charge in [0.25, 0.3) is 0 Å². The van der Waals surface area contributed by atoms with Crippen molar-refractivity contribution in [3.05, 3.63) is 108 Å². The first kappa shape index (κ1) is 55.0. The van der Waals surface area contributed by atoms with Crippen LogP contribution < -0.4 is 32.3 Å². The molecule has 3 aromatic carbocycles. The second kappa shape index (κ2) is 27.8. The summed E-state index contributed by atoms with van der Waals surface area (Å²) in [4.78, 5) is 70.7. The first-order chi connectivity index (χ1) is 28.8. The van der Waals surface area contributed by atoms with Gasteiger partial charge in [0.05, 0.1) is 0 Å². The summed E-state index contributed by atoms with van der Waals surface area (Å²) in [5, 5.41) is 13.9. The predicted octanol–water partition coefficient (Wildman–Crippen LogP) is 6.58. The number of carbonyl (C=O) groups is 5. The minimum atomic E-state index is -1.13. The highest BCUT2D eigenvalue weighted by Gasteiger charge is 2.32. The third-order valence-corrected chi connectivity index (χ3v) is 9.62. The normalized spacial score (nSPS) is 13.0. The molecule has 1 aliphatic carbocycles. The largest absolute Gasteiger partial charge is 0.459 e. The number of nitrogens with zero attached hydrogens (tertiary/aromatic N) is 1. The molecule has 0 bridgehead atoms. The molecule has 0 fully saturated rings. The van der Waals surface area contributed by atoms with E-state index in [2.05, 4.69) is 38.2 Å². The number of aliphatic imine (C=N–C) groups is 1. The Balaban J connectivity index is 0.00000661. The fraction of sp³-hybridized carbons (Fsp3) is 0.447. The van der Waals surface area contributed by atoms with E-state index in [0.29, 0.717) is 25.8 Å². The Labute approximate surface area is 380 Å². The SMILES string of the molecule is C.C.C=CC[C@H](NC(=O)[C@@H](CCCNC(N)=NC)NC(=O)[C@@H](CCCCNC(=O)OC(C)(C)C)NC(=O)OCC1c2ccccc2-c2ccccc21)C(=O)OCc1ccccc1.S. The highest BCUT2D eigenvalue weighted by atomic mass is 32.1. The minimum Gasteiger partial charge on any atom is -0.459 e. The molecule has 3 atom stereocenters. The first-order valence-electron chi connectivity index (χ1n) is 20.3. The summed E-state index contributed by atoms with van der Waals surface area (Å²) < 4.78 is 16.6. The lowest BCUT2D eigenvalue weighted by Crippen LogP contribution is -2.56. The van der Waals surface area contributed by atoms with E-state index in [1.807, 2.05) is 78.9 Å². The molecular weight excluding hydrogens is 823 g/mol. The van der Waals surface area contributed by atoms with Gasteiger partial charge >= 0.3 is 18.2 Å². The number of ether oxygens (including phenoxy) is 3. The zero-order valence-corrected chi connectivity index (χ0v) is 36.5. The van der Waals surface area contributed by atoms with Crippen molar-refractivity contribution in [1.29, 1.82) is 0 Å². The zero-order valence-electron chi connectivity index (χ0n) is 35.5. The van der Waals surface area contributed by atoms with Gasteiger partial charge in [0.1, 0.15) is 36.9 Å². The number of hydrogen-bond donors (Lipinski definition) is 6. The fourth-order valence-electron chi connectivity index (χ4n) is 6.65. The number of carbonyl (C=O) groups excluding carboxylic acids is 5. The zero-order chi connectivity index (χ0) is 43.5. The summed E-state index contributed by atoms with van der Waals surface area (Å²) in [6, 6.07) is 21.7. The van der Waals surface area contributed by atoms with E-state index in [4.69, 9.17) is 19.9 Å². The second-order valence-corrected chi connectivity index (χ2v) is 15.4. The molecule has 0 radical (unpaired) electrons. The van der Waals surface area contributed by atoms with Crippen molar-refractivity contribution in [1.82, 2.24) is 26.6 Å². The standard InChI is InChI=1S/C45H59N7O8.2CH4.H2S/c1-6-17-38(41(55)58-28-30-18-8-7-9-19-30)51-39(53)36(25-16-27-48-42(46)47-5)50-40(54)37(24-14-15-26-49-43(56)60-45(2,3)4)52-44(57)59-29-35-33-22-12-10-20-31(33)32-21-11-13-23-34(32)35;;;/h6-13,18-23,35-38H,1,14-17,24-29H2,2-5H3,(H,49,56)(H,50,54)(H,51,53)(H,52,57)(H3,46,47,48);2*1H4;1H2/t36-,37-,38+;;;/m1.../s1. The number of alkyl carbamates (subject to hydrolysis) is 2. The maximum absolute atomic E-state index is 14.1. The number of amides is 4. The summed E-state index contributed by atoms with van der Waals surface area (Å²) in [5.74, 6) is -1.93. The number of esters is 1. The number of fused-ring (bicyclic) bond motifs is 3. The molecule has 7 N–H and O–H groups in total. The van der Waals surface area contributed by atoms with Gasteiger partial charge in [-0.25, -0.2) is 14.4 Å². The number of benzene rings is 3. The summed E-state index contributed by atoms with van der Waals surface area (Å²) in [6.45, 7) is 9.66. The molecule has 15 nitrogen and oxygen atoms in total. The number of hydrogen-bond acceptors (Lipinski definition) is 9. The molecule has 3 aromatic rings. The van der Waals surface area contributed by atoms with E-state index in [1.165, 1.54) is 13.1 Å². The Kier molecular flexibility index (Phi) is 24.3. The van der Waals surface area contributed by atoms with Crippen LogP contribution in [0.25, 0.3) is 11.1 Å². The highest BCUT2D eigenvalue weighted by molar-refractivity contribution is 7.59. The molecule has 16 heteroatoms. The van der Waals surface area contributed by atoms with Crippen molar-refractivity contribution in [3.63, 3.8) is 0 Å². The quantitative estimate of drug-likeness (QED) is 0.0169. The van der Waals surface area contributed by atoms with E-state index in [1.54, 1.807) is 20.8 Å². The third kappa shape index (κ3) is 18.1. The summed E-state index contributed by atoms with van der Waals surface area (Å²) in [6.07, 6.45) is 1.72. The second-order valence-electron chi connectivity index (χ2n) is 15.4. The average Bonchev–Trinajstić information content (AvgIpc) is 3.55. The topological polar surface area (TPSA) is 212 Å². The molecule has 4 amide bonds. The Morgan fingerprint density at radius 3 is 1.86 bits per heavy atom. The number of rotatable bonds is 21. The molecule has 63 heavy (non-hydrogen) atoms. The molecule has 346 valence electrons. The van der Waals surface area contributed by atoms with Gasteiger partial charge in [-0.1, -0.05) is 99.8 Å². The molecule has 0 unspecified atom stereocenters. The van der Waals surface area contributed by atoms with Crippen LogP contribution in [0.5, 0.6) is 0 Å². The maximum atomic E-state index is 14.1. The van der Waals surface area contributed by atoms with Gasteiger partial charge in [-0.15, -0.1) is 6.58 Å². The Morgan fingerprint density at radius 1 is 0.730 bits per heavy atom. The molecular formula is C47H69N7O8S. The first-order valence-corrected chi connectivity index (χ1v) is 20.3. The average molecular weight is 892 g/mol. The van der Waals surface area contributed by atoms with Gasteiger partial charge in [0.2, 0.25) is 11.8 Å². The van der Waals surface area contributed by atoms with Gasteiger partial charge in [0, 0.05) is 26.1 Å². The summed E-state index contributed by atoms with van der Waals surface area (Å²) in [5.41, 5.74) is 10.1. The Hall–Kier alpha value is -6.03. The van der Waals surface area contributed by atoms with Gasteiger partial charge < -0.3 is 46.5 Å². The van der Waals surface area contributed by atoms with Crippen molar-refractivity contribution in [3.8, 4) is 11.1 Å². The lowest BCUT2D eigenvalue weighted by molar-refractivity contribution is -0.149. The third-order valence-electron chi connectivity index (χ3n) is 9.62. The molecule has 1 aliphatic rings. The molecule has 0 aromatic heterocycles. The fourth-order valence-corrected chi connectivity index (χ4v) is 6.65. The van der Waals surface area contributed by atoms with E-state index in [0.717, 1.165) is 27.8 Å². The van der Waals surface area contributed by atoms with E-state index in [9.17, 15) is 24.0 Å². The van der Waals surface area contributed by atoms with Crippen LogP contribution in [0.15, 0.2) is 96.5 Å². The van der Waals surface area contributed by atoms with Crippen molar-refractivity contribution < 1.29 is 38.2 Å². The molecule has 0 heterocycles. The number of nitrogens with two attached hydrogens (primary N) is 1. The van der Waals surface area contributed by atoms with Gasteiger partial charge in [-0.3, -0.25) is 14.6 Å². The van der Waals surface area contributed by atoms with Crippen molar-refractivity contribution in [2.75, 3.05) is 26.7 Å². The van der Waals surface area contributed by atoms with Crippen LogP contribution in [0.3, 0.4) is 0 Å². The van der Waals surface area contributed by atoms with Gasteiger partial charge in [-0.05, 0) is 87.1 Å². The predicted molar refractivity (Wildman–Crippen MR) is 254 cm³/mol. The Bertz CT molecular complexity index is 1910. The van der Waals surface area contributed by atoms with Crippen LogP contribution in [0, 0.1) is 0 Å². The van der Waals surface area contributed by atoms with Crippen LogP contribution >= 0.6 is 13.5 Å². The number of guanidine groups is 1. The monoisotopic (exact) mass is 891 g/mol. The molecule has 0 saturated heterocycles. The number of unbranched alkanes of at least 4 members (excludes halogenated alkanes) is 1. The minimum absolute atomic E-state index is 0. The molecule has 0 saturated carbocycles. The molecule has 4 rings (SSSR count). The van der Waals surface area contributed by atoms with E-state index in [-0.39, 0.29) is 79.2 Å². The van der Waals surface area contributed by atoms with Crippen LogP contribution in [0.2, 0.25) is 0 Å². The highest BCUT2D eigenvalue weighted by Crippen LogP contribution is 2.44. The van der Waals surface area contributed by atoms with Crippen molar-refractivity contribution in [2.24, 2.45) is 10.7 Å². The van der Waals surface area contributed by atoms with Gasteiger partial charge in [-0.2, -0.15) is 13.5 Å². The molecule has 0 spiro atoms. The maximum Gasteiger partial charge on any atom is 0.407 e. The summed E-state index contributed by atoms with van der Waals surface area (Å²) >= 11 is 0.